The summed E-state index contributed by atoms with van der Waals surface area (Å²) in [6.07, 6.45) is 2.44. The SMILES string of the molecule is Cc1ccc(S(=O)(=O)On2nc3c4c(cccc42)C(=O)c2c[n+]([O-])ccc2-3)cc1. The number of benzene rings is 2. The normalized spacial score (nSPS) is 12.8. The van der Waals surface area contributed by atoms with Crippen LogP contribution in [0.15, 0.2) is 65.8 Å². The average molecular weight is 407 g/mol. The number of rotatable bonds is 3. The molecule has 144 valence electrons. The molecule has 0 aliphatic heterocycles. The molecule has 2 heterocycles. The minimum atomic E-state index is -4.15. The standard InChI is InChI=1S/C20H13N3O5S/c1-12-5-7-13(8-6-12)29(26,27)28-23-17-4-2-3-15-18(17)19(21-23)14-9-10-22(25)11-16(14)20(15)24/h2-11H,1H3. The molecule has 1 aliphatic carbocycles. The predicted molar refractivity (Wildman–Crippen MR) is 103 cm³/mol. The van der Waals surface area contributed by atoms with Crippen LogP contribution in [0.4, 0.5) is 0 Å². The number of ketones is 1. The highest BCUT2D eigenvalue weighted by molar-refractivity contribution is 7.87. The Morgan fingerprint density at radius 1 is 1.03 bits per heavy atom. The lowest BCUT2D eigenvalue weighted by molar-refractivity contribution is -0.605. The minimum Gasteiger partial charge on any atom is -0.619 e. The number of nitrogens with zero attached hydrogens (tertiary/aromatic N) is 3. The summed E-state index contributed by atoms with van der Waals surface area (Å²) in [6.45, 7) is 1.85. The van der Waals surface area contributed by atoms with Crippen molar-refractivity contribution in [2.45, 2.75) is 11.8 Å². The summed E-state index contributed by atoms with van der Waals surface area (Å²) in [7, 11) is -4.15. The molecule has 0 amide bonds. The van der Waals surface area contributed by atoms with Gasteiger partial charge < -0.3 is 5.21 Å². The molecule has 0 fully saturated rings. The molecule has 0 saturated heterocycles. The Kier molecular flexibility index (Phi) is 3.53. The van der Waals surface area contributed by atoms with Gasteiger partial charge in [-0.05, 0) is 25.1 Å². The van der Waals surface area contributed by atoms with Crippen molar-refractivity contribution < 1.29 is 22.2 Å². The first kappa shape index (κ1) is 17.4. The van der Waals surface area contributed by atoms with Gasteiger partial charge in [-0.2, -0.15) is 13.1 Å². The van der Waals surface area contributed by atoms with E-state index in [9.17, 15) is 18.4 Å². The highest BCUT2D eigenvalue weighted by Crippen LogP contribution is 2.38. The fraction of sp³-hybridized carbons (Fsp3) is 0.0500. The van der Waals surface area contributed by atoms with Crippen molar-refractivity contribution in [2.24, 2.45) is 0 Å². The highest BCUT2D eigenvalue weighted by atomic mass is 32.2. The van der Waals surface area contributed by atoms with Gasteiger partial charge in [-0.25, -0.2) is 0 Å². The molecule has 0 atom stereocenters. The number of hydrogen-bond donors (Lipinski definition) is 0. The van der Waals surface area contributed by atoms with Gasteiger partial charge in [0.2, 0.25) is 5.78 Å². The van der Waals surface area contributed by atoms with Crippen molar-refractivity contribution in [3.05, 3.63) is 82.8 Å². The van der Waals surface area contributed by atoms with Gasteiger partial charge in [-0.1, -0.05) is 34.7 Å². The predicted octanol–water partition coefficient (Wildman–Crippen LogP) is 2.01. The molecular formula is C20H13N3O5S. The quantitative estimate of drug-likeness (QED) is 0.335. The van der Waals surface area contributed by atoms with Crippen LogP contribution in [0.2, 0.25) is 0 Å². The van der Waals surface area contributed by atoms with Crippen molar-refractivity contribution in [3.8, 4) is 11.3 Å². The van der Waals surface area contributed by atoms with Gasteiger partial charge in [0.05, 0.1) is 5.56 Å². The molecule has 29 heavy (non-hydrogen) atoms. The summed E-state index contributed by atoms with van der Waals surface area (Å²) in [5.41, 5.74) is 2.61. The number of pyridine rings is 1. The van der Waals surface area contributed by atoms with E-state index in [1.165, 1.54) is 30.6 Å². The third-order valence-corrected chi connectivity index (χ3v) is 6.02. The van der Waals surface area contributed by atoms with Crippen molar-refractivity contribution in [1.82, 2.24) is 9.94 Å². The molecule has 0 N–H and O–H groups in total. The first-order valence-electron chi connectivity index (χ1n) is 8.66. The van der Waals surface area contributed by atoms with Gasteiger partial charge >= 0.3 is 10.1 Å². The van der Waals surface area contributed by atoms with E-state index in [1.807, 2.05) is 6.92 Å². The Morgan fingerprint density at radius 3 is 2.55 bits per heavy atom. The maximum absolute atomic E-state index is 12.8. The Morgan fingerprint density at radius 2 is 1.79 bits per heavy atom. The second-order valence-corrected chi connectivity index (χ2v) is 8.25. The molecule has 0 spiro atoms. The van der Waals surface area contributed by atoms with E-state index >= 15 is 0 Å². The molecule has 0 bridgehead atoms. The van der Waals surface area contributed by atoms with Crippen molar-refractivity contribution in [3.63, 3.8) is 0 Å². The van der Waals surface area contributed by atoms with Crippen LogP contribution in [0, 0.1) is 12.1 Å². The molecule has 9 heteroatoms. The molecule has 1 aliphatic rings. The van der Waals surface area contributed by atoms with E-state index in [0.29, 0.717) is 32.5 Å². The molecule has 2 aromatic carbocycles. The lowest BCUT2D eigenvalue weighted by Gasteiger charge is -2.13. The Hall–Kier alpha value is -3.72. The number of hydrogen-bond acceptors (Lipinski definition) is 6. The van der Waals surface area contributed by atoms with Crippen LogP contribution in [0.5, 0.6) is 0 Å². The first-order valence-corrected chi connectivity index (χ1v) is 10.1. The average Bonchev–Trinajstić information content (AvgIpc) is 3.05. The van der Waals surface area contributed by atoms with Crippen LogP contribution in [0.25, 0.3) is 22.2 Å². The van der Waals surface area contributed by atoms with E-state index in [-0.39, 0.29) is 16.2 Å². The highest BCUT2D eigenvalue weighted by Gasteiger charge is 2.32. The molecule has 5 rings (SSSR count). The topological polar surface area (TPSA) is 105 Å². The molecule has 0 unspecified atom stereocenters. The van der Waals surface area contributed by atoms with E-state index in [0.717, 1.165) is 10.4 Å². The fourth-order valence-corrected chi connectivity index (χ4v) is 4.28. The second-order valence-electron chi connectivity index (χ2n) is 6.72. The largest absolute Gasteiger partial charge is 0.619 e. The van der Waals surface area contributed by atoms with Gasteiger partial charge in [0, 0.05) is 22.6 Å². The molecular weight excluding hydrogens is 394 g/mol. The van der Waals surface area contributed by atoms with Crippen LogP contribution in [0.3, 0.4) is 0 Å². The number of carbonyl (C=O) groups excluding carboxylic acids is 1. The van der Waals surface area contributed by atoms with E-state index in [2.05, 4.69) is 5.10 Å². The zero-order valence-corrected chi connectivity index (χ0v) is 15.9. The van der Waals surface area contributed by atoms with Crippen LogP contribution in [-0.4, -0.2) is 24.1 Å². The third kappa shape index (κ3) is 2.59. The molecule has 8 nitrogen and oxygen atoms in total. The van der Waals surface area contributed by atoms with E-state index in [4.69, 9.17) is 4.28 Å². The van der Waals surface area contributed by atoms with E-state index < -0.39 is 10.1 Å². The number of carbonyl (C=O) groups is 1. The number of aromatic nitrogens is 3. The molecule has 0 radical (unpaired) electrons. The molecule has 2 aromatic heterocycles. The van der Waals surface area contributed by atoms with Crippen LogP contribution in [-0.2, 0) is 10.1 Å². The Balaban J connectivity index is 1.70. The maximum Gasteiger partial charge on any atom is 0.358 e. The lowest BCUT2D eigenvalue weighted by Crippen LogP contribution is -2.27. The van der Waals surface area contributed by atoms with Crippen LogP contribution >= 0.6 is 0 Å². The minimum absolute atomic E-state index is 0.0109. The zero-order chi connectivity index (χ0) is 20.3. The van der Waals surface area contributed by atoms with Crippen molar-refractivity contribution in [2.75, 3.05) is 0 Å². The Labute approximate surface area is 165 Å². The Bertz CT molecular complexity index is 1420. The first-order chi connectivity index (χ1) is 13.8. The van der Waals surface area contributed by atoms with Gasteiger partial charge in [0.25, 0.3) is 0 Å². The van der Waals surface area contributed by atoms with E-state index in [1.54, 1.807) is 30.3 Å². The summed E-state index contributed by atoms with van der Waals surface area (Å²) >= 11 is 0. The van der Waals surface area contributed by atoms with Crippen molar-refractivity contribution >= 4 is 26.8 Å². The third-order valence-electron chi connectivity index (χ3n) is 4.83. The van der Waals surface area contributed by atoms with Crippen molar-refractivity contribution in [1.29, 1.82) is 0 Å². The fourth-order valence-electron chi connectivity index (χ4n) is 3.43. The summed E-state index contributed by atoms with van der Waals surface area (Å²) < 4.78 is 31.2. The summed E-state index contributed by atoms with van der Waals surface area (Å²) in [5.74, 6) is -0.329. The summed E-state index contributed by atoms with van der Waals surface area (Å²) in [4.78, 5) is 13.7. The zero-order valence-electron chi connectivity index (χ0n) is 15.1. The van der Waals surface area contributed by atoms with Crippen LogP contribution in [0.1, 0.15) is 21.5 Å². The van der Waals surface area contributed by atoms with Gasteiger partial charge in [0.15, 0.2) is 12.4 Å². The maximum atomic E-state index is 12.8. The van der Waals surface area contributed by atoms with Gasteiger partial charge in [-0.3, -0.25) is 9.08 Å². The van der Waals surface area contributed by atoms with Gasteiger partial charge in [0.1, 0.15) is 16.1 Å². The summed E-state index contributed by atoms with van der Waals surface area (Å²) in [5, 5.41) is 16.4. The molecule has 4 aromatic rings. The lowest BCUT2D eigenvalue weighted by atomic mass is 9.89. The van der Waals surface area contributed by atoms with Gasteiger partial charge in [-0.15, -0.1) is 5.10 Å². The summed E-state index contributed by atoms with van der Waals surface area (Å²) in [6, 6.07) is 12.6. The smallest absolute Gasteiger partial charge is 0.358 e. The number of aryl methyl sites for hydroxylation is 1. The second kappa shape index (κ2) is 5.89. The van der Waals surface area contributed by atoms with Crippen LogP contribution < -0.4 is 9.01 Å². The monoisotopic (exact) mass is 407 g/mol. The number of fused-ring (bicyclic) bond motifs is 2. The molecule has 0 saturated carbocycles.